The lowest BCUT2D eigenvalue weighted by Crippen LogP contribution is -2.51. The molecule has 0 saturated carbocycles. The summed E-state index contributed by atoms with van der Waals surface area (Å²) in [6.45, 7) is 5.02. The summed E-state index contributed by atoms with van der Waals surface area (Å²) in [6.07, 6.45) is 4.46. The van der Waals surface area contributed by atoms with Gasteiger partial charge in [0.15, 0.2) is 0 Å². The summed E-state index contributed by atoms with van der Waals surface area (Å²) in [5.74, 6) is 0.561. The van der Waals surface area contributed by atoms with E-state index in [1.165, 1.54) is 12.8 Å². The maximum absolute atomic E-state index is 12.0. The number of aliphatic carboxylic acids is 1. The van der Waals surface area contributed by atoms with Gasteiger partial charge in [0.2, 0.25) is 5.91 Å². The predicted octanol–water partition coefficient (Wildman–Crippen LogP) is 1.57. The van der Waals surface area contributed by atoms with Gasteiger partial charge >= 0.3 is 5.97 Å². The Bertz CT molecular complexity index is 326. The Balaban J connectivity index is 2.34. The van der Waals surface area contributed by atoms with Crippen molar-refractivity contribution in [1.29, 1.82) is 0 Å². The monoisotopic (exact) mass is 302 g/mol. The molecule has 1 amide bonds. The fourth-order valence-electron chi connectivity index (χ4n) is 2.33. The molecule has 1 heterocycles. The second kappa shape index (κ2) is 9.23. The fraction of sp³-hybridized carbons (Fsp3) is 0.857. The fourth-order valence-corrected chi connectivity index (χ4v) is 3.44. The molecule has 5 nitrogen and oxygen atoms in total. The maximum atomic E-state index is 12.0. The number of rotatable bonds is 8. The van der Waals surface area contributed by atoms with Crippen LogP contribution in [0.4, 0.5) is 0 Å². The number of carboxylic acid groups (broad SMARTS) is 1. The van der Waals surface area contributed by atoms with Crippen LogP contribution in [-0.2, 0) is 9.59 Å². The first-order valence-electron chi connectivity index (χ1n) is 7.38. The summed E-state index contributed by atoms with van der Waals surface area (Å²) in [5, 5.41) is 12.1. The standard InChI is InChI=1S/C14H26N2O3S/c1-3-4-5-6-11(2)15-13(17)9-16-7-8-20-10-12(16)14(18)19/h11-12H,3-10H2,1-2H3,(H,15,17)(H,18,19). The highest BCUT2D eigenvalue weighted by Gasteiger charge is 2.30. The Labute approximate surface area is 125 Å². The molecule has 2 atom stereocenters. The summed E-state index contributed by atoms with van der Waals surface area (Å²) in [5.41, 5.74) is 0. The van der Waals surface area contributed by atoms with Crippen LogP contribution >= 0.6 is 11.8 Å². The minimum Gasteiger partial charge on any atom is -0.480 e. The summed E-state index contributed by atoms with van der Waals surface area (Å²) in [4.78, 5) is 24.9. The Morgan fingerprint density at radius 1 is 1.45 bits per heavy atom. The van der Waals surface area contributed by atoms with E-state index in [2.05, 4.69) is 12.2 Å². The molecule has 1 aliphatic heterocycles. The largest absolute Gasteiger partial charge is 0.480 e. The average molecular weight is 302 g/mol. The van der Waals surface area contributed by atoms with Gasteiger partial charge in [-0.2, -0.15) is 11.8 Å². The van der Waals surface area contributed by atoms with Crippen LogP contribution in [0.25, 0.3) is 0 Å². The molecular formula is C14H26N2O3S. The third-order valence-corrected chi connectivity index (χ3v) is 4.54. The molecular weight excluding hydrogens is 276 g/mol. The van der Waals surface area contributed by atoms with Crippen molar-refractivity contribution in [3.05, 3.63) is 0 Å². The number of nitrogens with one attached hydrogen (secondary N) is 1. The normalized spacial score (nSPS) is 21.4. The van der Waals surface area contributed by atoms with E-state index in [9.17, 15) is 9.59 Å². The molecule has 0 aromatic rings. The van der Waals surface area contributed by atoms with Crippen molar-refractivity contribution in [1.82, 2.24) is 10.2 Å². The van der Waals surface area contributed by atoms with Gasteiger partial charge < -0.3 is 10.4 Å². The smallest absolute Gasteiger partial charge is 0.321 e. The zero-order valence-corrected chi connectivity index (χ0v) is 13.2. The lowest BCUT2D eigenvalue weighted by Gasteiger charge is -2.32. The van der Waals surface area contributed by atoms with Crippen molar-refractivity contribution < 1.29 is 14.7 Å². The van der Waals surface area contributed by atoms with Gasteiger partial charge in [-0.05, 0) is 13.3 Å². The molecule has 1 rings (SSSR count). The van der Waals surface area contributed by atoms with Crippen LogP contribution in [0, 0.1) is 0 Å². The quantitative estimate of drug-likeness (QED) is 0.666. The van der Waals surface area contributed by atoms with E-state index < -0.39 is 12.0 Å². The summed E-state index contributed by atoms with van der Waals surface area (Å²) < 4.78 is 0. The van der Waals surface area contributed by atoms with Gasteiger partial charge in [-0.25, -0.2) is 0 Å². The Morgan fingerprint density at radius 2 is 2.20 bits per heavy atom. The molecule has 1 aliphatic rings. The van der Waals surface area contributed by atoms with Crippen LogP contribution in [-0.4, -0.2) is 58.6 Å². The number of thioether (sulfide) groups is 1. The number of hydrogen-bond acceptors (Lipinski definition) is 4. The average Bonchev–Trinajstić information content (AvgIpc) is 2.39. The van der Waals surface area contributed by atoms with Crippen LogP contribution in [0.1, 0.15) is 39.5 Å². The van der Waals surface area contributed by atoms with Crippen LogP contribution in [0.5, 0.6) is 0 Å². The molecule has 1 saturated heterocycles. The van der Waals surface area contributed by atoms with Gasteiger partial charge in [-0.1, -0.05) is 26.2 Å². The van der Waals surface area contributed by atoms with E-state index in [1.54, 1.807) is 16.7 Å². The molecule has 6 heteroatoms. The molecule has 0 bridgehead atoms. The Hall–Kier alpha value is -0.750. The molecule has 0 aromatic heterocycles. The van der Waals surface area contributed by atoms with Crippen molar-refractivity contribution in [3.8, 4) is 0 Å². The number of carboxylic acids is 1. The van der Waals surface area contributed by atoms with Crippen LogP contribution in [0.2, 0.25) is 0 Å². The summed E-state index contributed by atoms with van der Waals surface area (Å²) in [7, 11) is 0. The zero-order valence-electron chi connectivity index (χ0n) is 12.4. The minimum atomic E-state index is -0.832. The second-order valence-corrected chi connectivity index (χ2v) is 6.51. The van der Waals surface area contributed by atoms with Crippen molar-refractivity contribution in [2.75, 3.05) is 24.6 Å². The third kappa shape index (κ3) is 6.13. The second-order valence-electron chi connectivity index (χ2n) is 5.36. The van der Waals surface area contributed by atoms with Crippen molar-refractivity contribution >= 4 is 23.6 Å². The number of carbonyl (C=O) groups excluding carboxylic acids is 1. The van der Waals surface area contributed by atoms with Crippen LogP contribution in [0.3, 0.4) is 0 Å². The maximum Gasteiger partial charge on any atom is 0.321 e. The topological polar surface area (TPSA) is 69.6 Å². The third-order valence-electron chi connectivity index (χ3n) is 3.52. The van der Waals surface area contributed by atoms with Gasteiger partial charge in [-0.3, -0.25) is 14.5 Å². The number of unbranched alkanes of at least 4 members (excludes halogenated alkanes) is 2. The molecule has 0 aliphatic carbocycles. The van der Waals surface area contributed by atoms with E-state index in [0.29, 0.717) is 12.3 Å². The molecule has 0 radical (unpaired) electrons. The zero-order chi connectivity index (χ0) is 15.0. The van der Waals surface area contributed by atoms with Crippen LogP contribution in [0.15, 0.2) is 0 Å². The van der Waals surface area contributed by atoms with Gasteiger partial charge in [0, 0.05) is 24.1 Å². The number of hydrogen-bond donors (Lipinski definition) is 2. The molecule has 20 heavy (non-hydrogen) atoms. The summed E-state index contributed by atoms with van der Waals surface area (Å²) >= 11 is 1.64. The number of amides is 1. The lowest BCUT2D eigenvalue weighted by molar-refractivity contribution is -0.143. The van der Waals surface area contributed by atoms with E-state index in [4.69, 9.17) is 5.11 Å². The SMILES string of the molecule is CCCCCC(C)NC(=O)CN1CCSCC1C(=O)O. The Kier molecular flexibility index (Phi) is 7.99. The van der Waals surface area contributed by atoms with E-state index in [1.807, 2.05) is 6.92 Å². The summed E-state index contributed by atoms with van der Waals surface area (Å²) in [6, 6.07) is -0.369. The van der Waals surface area contributed by atoms with Crippen molar-refractivity contribution in [2.24, 2.45) is 0 Å². The van der Waals surface area contributed by atoms with Crippen molar-refractivity contribution in [3.63, 3.8) is 0 Å². The van der Waals surface area contributed by atoms with Gasteiger partial charge in [-0.15, -0.1) is 0 Å². The highest BCUT2D eigenvalue weighted by molar-refractivity contribution is 7.99. The molecule has 116 valence electrons. The minimum absolute atomic E-state index is 0.0628. The van der Waals surface area contributed by atoms with E-state index >= 15 is 0 Å². The van der Waals surface area contributed by atoms with E-state index in [0.717, 1.165) is 18.6 Å². The predicted molar refractivity (Wildman–Crippen MR) is 82.1 cm³/mol. The van der Waals surface area contributed by atoms with Gasteiger partial charge in [0.05, 0.1) is 6.54 Å². The highest BCUT2D eigenvalue weighted by atomic mass is 32.2. The number of carbonyl (C=O) groups is 2. The highest BCUT2D eigenvalue weighted by Crippen LogP contribution is 2.16. The molecule has 1 fully saturated rings. The van der Waals surface area contributed by atoms with Crippen LogP contribution < -0.4 is 5.32 Å². The van der Waals surface area contributed by atoms with Crippen molar-refractivity contribution in [2.45, 2.75) is 51.6 Å². The van der Waals surface area contributed by atoms with E-state index in [-0.39, 0.29) is 18.5 Å². The first-order chi connectivity index (χ1) is 9.54. The Morgan fingerprint density at radius 3 is 2.85 bits per heavy atom. The first-order valence-corrected chi connectivity index (χ1v) is 8.54. The molecule has 0 spiro atoms. The first kappa shape index (κ1) is 17.3. The van der Waals surface area contributed by atoms with Gasteiger partial charge in [0.25, 0.3) is 0 Å². The molecule has 2 unspecified atom stereocenters. The molecule has 2 N–H and O–H groups in total. The lowest BCUT2D eigenvalue weighted by atomic mass is 10.1. The van der Waals surface area contributed by atoms with Gasteiger partial charge in [0.1, 0.15) is 6.04 Å². The molecule has 0 aromatic carbocycles. The number of nitrogens with zero attached hydrogens (tertiary/aromatic N) is 1.